The van der Waals surface area contributed by atoms with Gasteiger partial charge in [-0.05, 0) is 30.4 Å². The SMILES string of the molecule is N/C(=C\C=C(/N)Nc1cc(-c2c(F)cccc2F)nc2c1C(=O)NC2)CC(=O)O. The number of hydrogen-bond acceptors (Lipinski definition) is 6. The lowest BCUT2D eigenvalue weighted by atomic mass is 10.1. The second-order valence-electron chi connectivity index (χ2n) is 6.22. The molecule has 0 atom stereocenters. The lowest BCUT2D eigenvalue weighted by molar-refractivity contribution is -0.136. The van der Waals surface area contributed by atoms with Gasteiger partial charge in [0.15, 0.2) is 0 Å². The summed E-state index contributed by atoms with van der Waals surface area (Å²) in [4.78, 5) is 27.0. The quantitative estimate of drug-likeness (QED) is 0.464. The number of amides is 1. The molecule has 0 radical (unpaired) electrons. The topological polar surface area (TPSA) is 143 Å². The zero-order valence-corrected chi connectivity index (χ0v) is 15.0. The summed E-state index contributed by atoms with van der Waals surface area (Å²) >= 11 is 0. The maximum absolute atomic E-state index is 14.2. The van der Waals surface area contributed by atoms with E-state index < -0.39 is 23.5 Å². The van der Waals surface area contributed by atoms with E-state index >= 15 is 0 Å². The number of carbonyl (C=O) groups is 2. The zero-order valence-electron chi connectivity index (χ0n) is 15.0. The number of carbonyl (C=O) groups excluding carboxylic acids is 1. The van der Waals surface area contributed by atoms with Gasteiger partial charge in [0, 0.05) is 5.70 Å². The number of aromatic nitrogens is 1. The number of halogens is 2. The molecule has 3 rings (SSSR count). The molecule has 2 heterocycles. The van der Waals surface area contributed by atoms with Crippen LogP contribution in [0.2, 0.25) is 0 Å². The van der Waals surface area contributed by atoms with Crippen LogP contribution in [0.15, 0.2) is 47.9 Å². The fourth-order valence-corrected chi connectivity index (χ4v) is 2.83. The predicted molar refractivity (Wildman–Crippen MR) is 101 cm³/mol. The molecule has 1 aromatic heterocycles. The van der Waals surface area contributed by atoms with Crippen LogP contribution in [0.4, 0.5) is 14.5 Å². The highest BCUT2D eigenvalue weighted by Gasteiger charge is 2.27. The van der Waals surface area contributed by atoms with E-state index in [1.165, 1.54) is 24.3 Å². The summed E-state index contributed by atoms with van der Waals surface area (Å²) in [5.74, 6) is -3.07. The Morgan fingerprint density at radius 2 is 1.93 bits per heavy atom. The van der Waals surface area contributed by atoms with E-state index in [-0.39, 0.29) is 47.0 Å². The molecule has 0 aliphatic carbocycles. The maximum atomic E-state index is 14.2. The predicted octanol–water partition coefficient (Wildman–Crippen LogP) is 1.80. The van der Waals surface area contributed by atoms with Gasteiger partial charge in [0.2, 0.25) is 0 Å². The number of nitrogens with two attached hydrogens (primary N) is 2. The highest BCUT2D eigenvalue weighted by Crippen LogP contribution is 2.32. The summed E-state index contributed by atoms with van der Waals surface area (Å²) in [7, 11) is 0. The minimum absolute atomic E-state index is 0.00733. The summed E-state index contributed by atoms with van der Waals surface area (Å²) in [6, 6.07) is 4.76. The van der Waals surface area contributed by atoms with Crippen molar-refractivity contribution in [1.29, 1.82) is 0 Å². The smallest absolute Gasteiger partial charge is 0.309 e. The van der Waals surface area contributed by atoms with E-state index in [2.05, 4.69) is 15.6 Å². The Hall–Kier alpha value is -3.95. The Kier molecular flexibility index (Phi) is 5.44. The molecule has 0 spiro atoms. The fraction of sp³-hybridized carbons (Fsp3) is 0.105. The summed E-state index contributed by atoms with van der Waals surface area (Å²) < 4.78 is 28.4. The molecule has 0 unspecified atom stereocenters. The highest BCUT2D eigenvalue weighted by molar-refractivity contribution is 6.03. The van der Waals surface area contributed by atoms with Crippen molar-refractivity contribution in [3.05, 3.63) is 70.8 Å². The first kappa shape index (κ1) is 19.8. The first-order valence-corrected chi connectivity index (χ1v) is 8.43. The number of aliphatic carboxylic acids is 1. The molecular formula is C19H17F2N5O3. The van der Waals surface area contributed by atoms with Gasteiger partial charge >= 0.3 is 5.97 Å². The van der Waals surface area contributed by atoms with Crippen molar-refractivity contribution in [2.45, 2.75) is 13.0 Å². The Balaban J connectivity index is 2.01. The fourth-order valence-electron chi connectivity index (χ4n) is 2.83. The van der Waals surface area contributed by atoms with Gasteiger partial charge in [0.05, 0.1) is 41.2 Å². The van der Waals surface area contributed by atoms with Crippen LogP contribution in [0.5, 0.6) is 0 Å². The van der Waals surface area contributed by atoms with Crippen LogP contribution in [-0.4, -0.2) is 22.0 Å². The van der Waals surface area contributed by atoms with Crippen molar-refractivity contribution in [3.8, 4) is 11.3 Å². The molecule has 0 saturated heterocycles. The number of rotatable bonds is 6. The molecule has 1 aliphatic heterocycles. The molecule has 2 aromatic rings. The number of hydrogen-bond donors (Lipinski definition) is 5. The summed E-state index contributed by atoms with van der Waals surface area (Å²) in [6.07, 6.45) is 2.25. The van der Waals surface area contributed by atoms with Gasteiger partial charge in [-0.25, -0.2) is 13.8 Å². The number of nitrogens with zero attached hydrogens (tertiary/aromatic N) is 1. The molecule has 7 N–H and O–H groups in total. The Bertz CT molecular complexity index is 1050. The second-order valence-corrected chi connectivity index (χ2v) is 6.22. The monoisotopic (exact) mass is 401 g/mol. The molecule has 150 valence electrons. The summed E-state index contributed by atoms with van der Waals surface area (Å²) in [5, 5.41) is 14.1. The van der Waals surface area contributed by atoms with Crippen molar-refractivity contribution in [2.75, 3.05) is 5.32 Å². The number of pyridine rings is 1. The largest absolute Gasteiger partial charge is 0.481 e. The van der Waals surface area contributed by atoms with Gasteiger partial charge in [0.25, 0.3) is 5.91 Å². The minimum Gasteiger partial charge on any atom is -0.481 e. The maximum Gasteiger partial charge on any atom is 0.309 e. The third-order valence-corrected chi connectivity index (χ3v) is 4.07. The number of nitrogens with one attached hydrogen (secondary N) is 2. The number of allylic oxidation sites excluding steroid dienone is 2. The zero-order chi connectivity index (χ0) is 21.1. The lowest BCUT2D eigenvalue weighted by Gasteiger charge is -2.13. The standard InChI is InChI=1S/C19H17F2N5O3/c20-10-2-1-3-11(21)17(10)12-7-13(18-14(25-12)8-24-19(18)29)26-15(23)5-4-9(22)6-16(27)28/h1-5,7H,6,8,22-23H2,(H,24,29)(H,25,26)(H,27,28)/b9-4-,15-5+. The highest BCUT2D eigenvalue weighted by atomic mass is 19.1. The van der Waals surface area contributed by atoms with Crippen molar-refractivity contribution >= 4 is 17.6 Å². The minimum atomic E-state index is -1.10. The van der Waals surface area contributed by atoms with Crippen molar-refractivity contribution < 1.29 is 23.5 Å². The molecule has 1 aromatic carbocycles. The van der Waals surface area contributed by atoms with Crippen LogP contribution in [0.3, 0.4) is 0 Å². The molecule has 1 aliphatic rings. The van der Waals surface area contributed by atoms with E-state index in [1.54, 1.807) is 0 Å². The third-order valence-electron chi connectivity index (χ3n) is 4.07. The van der Waals surface area contributed by atoms with E-state index in [0.717, 1.165) is 12.1 Å². The van der Waals surface area contributed by atoms with Gasteiger partial charge in [-0.15, -0.1) is 0 Å². The number of carboxylic acid groups (broad SMARTS) is 1. The van der Waals surface area contributed by atoms with E-state index in [1.807, 2.05) is 0 Å². The van der Waals surface area contributed by atoms with Crippen LogP contribution in [0.25, 0.3) is 11.3 Å². The van der Waals surface area contributed by atoms with Gasteiger partial charge in [-0.2, -0.15) is 0 Å². The Labute approximate surface area is 163 Å². The third kappa shape index (κ3) is 4.32. The van der Waals surface area contributed by atoms with Crippen molar-refractivity contribution in [3.63, 3.8) is 0 Å². The average molecular weight is 401 g/mol. The first-order valence-electron chi connectivity index (χ1n) is 8.43. The molecular weight excluding hydrogens is 384 g/mol. The lowest BCUT2D eigenvalue weighted by Crippen LogP contribution is -2.16. The number of benzene rings is 1. The Morgan fingerprint density at radius 1 is 1.24 bits per heavy atom. The number of anilines is 1. The normalized spacial score (nSPS) is 13.8. The van der Waals surface area contributed by atoms with E-state index in [9.17, 15) is 18.4 Å². The van der Waals surface area contributed by atoms with Crippen LogP contribution < -0.4 is 22.1 Å². The number of fused-ring (bicyclic) bond motifs is 1. The molecule has 0 fully saturated rings. The van der Waals surface area contributed by atoms with Crippen molar-refractivity contribution in [2.24, 2.45) is 11.5 Å². The molecule has 10 heteroatoms. The van der Waals surface area contributed by atoms with Gasteiger partial charge in [-0.3, -0.25) is 9.59 Å². The second kappa shape index (κ2) is 7.97. The summed E-state index contributed by atoms with van der Waals surface area (Å²) in [6.45, 7) is 0.0990. The van der Waals surface area contributed by atoms with Crippen LogP contribution in [-0.2, 0) is 11.3 Å². The van der Waals surface area contributed by atoms with Crippen LogP contribution in [0.1, 0.15) is 22.5 Å². The molecule has 1 amide bonds. The number of carboxylic acids is 1. The van der Waals surface area contributed by atoms with E-state index in [4.69, 9.17) is 16.6 Å². The van der Waals surface area contributed by atoms with Crippen LogP contribution in [0, 0.1) is 11.6 Å². The average Bonchev–Trinajstić information content (AvgIpc) is 3.00. The first-order chi connectivity index (χ1) is 13.8. The van der Waals surface area contributed by atoms with Crippen LogP contribution >= 0.6 is 0 Å². The molecule has 0 bridgehead atoms. The Morgan fingerprint density at radius 3 is 2.59 bits per heavy atom. The van der Waals surface area contributed by atoms with Gasteiger partial charge in [0.1, 0.15) is 17.5 Å². The van der Waals surface area contributed by atoms with Gasteiger partial charge in [-0.1, -0.05) is 6.07 Å². The molecule has 29 heavy (non-hydrogen) atoms. The molecule has 0 saturated carbocycles. The molecule has 8 nitrogen and oxygen atoms in total. The van der Waals surface area contributed by atoms with Gasteiger partial charge < -0.3 is 27.2 Å². The van der Waals surface area contributed by atoms with Crippen molar-refractivity contribution in [1.82, 2.24) is 10.3 Å². The van der Waals surface area contributed by atoms with E-state index in [0.29, 0.717) is 5.69 Å². The summed E-state index contributed by atoms with van der Waals surface area (Å²) in [5.41, 5.74) is 11.9.